The van der Waals surface area contributed by atoms with E-state index in [0.717, 1.165) is 13.1 Å². The fourth-order valence-electron chi connectivity index (χ4n) is 3.75. The molecule has 0 spiro atoms. The van der Waals surface area contributed by atoms with Crippen LogP contribution >= 0.6 is 12.4 Å². The summed E-state index contributed by atoms with van der Waals surface area (Å²) in [5.74, 6) is 1.06. The van der Waals surface area contributed by atoms with Gasteiger partial charge >= 0.3 is 0 Å². The maximum atomic E-state index is 12.9. The second-order valence-electron chi connectivity index (χ2n) is 6.87. The number of halogens is 1. The number of rotatable bonds is 5. The molecule has 156 valence electrons. The van der Waals surface area contributed by atoms with Gasteiger partial charge in [-0.15, -0.1) is 12.4 Å². The van der Waals surface area contributed by atoms with Crippen LogP contribution in [0, 0.1) is 5.92 Å². The van der Waals surface area contributed by atoms with Gasteiger partial charge < -0.3 is 29.3 Å². The van der Waals surface area contributed by atoms with E-state index >= 15 is 0 Å². The number of benzene rings is 1. The van der Waals surface area contributed by atoms with Gasteiger partial charge in [0.25, 0.3) is 0 Å². The first-order valence-electron chi connectivity index (χ1n) is 9.11. The van der Waals surface area contributed by atoms with Gasteiger partial charge in [0.2, 0.25) is 17.6 Å². The van der Waals surface area contributed by atoms with Gasteiger partial charge in [0.15, 0.2) is 11.5 Å². The topological polar surface area (TPSA) is 80.3 Å². The number of anilines is 1. The summed E-state index contributed by atoms with van der Waals surface area (Å²) in [6, 6.07) is 3.61. The molecule has 2 heterocycles. The number of hydrogen-bond donors (Lipinski definition) is 1. The van der Waals surface area contributed by atoms with E-state index in [9.17, 15) is 9.59 Å². The largest absolute Gasteiger partial charge is 0.493 e. The van der Waals surface area contributed by atoms with E-state index in [4.69, 9.17) is 14.2 Å². The molecule has 2 atom stereocenters. The van der Waals surface area contributed by atoms with E-state index < -0.39 is 0 Å². The van der Waals surface area contributed by atoms with Crippen molar-refractivity contribution in [3.63, 3.8) is 0 Å². The zero-order valence-corrected chi connectivity index (χ0v) is 17.5. The summed E-state index contributed by atoms with van der Waals surface area (Å²) < 4.78 is 16.1. The Labute approximate surface area is 171 Å². The number of nitrogens with one attached hydrogen (secondary N) is 1. The van der Waals surface area contributed by atoms with Crippen LogP contribution in [0.4, 0.5) is 5.69 Å². The van der Waals surface area contributed by atoms with Crippen molar-refractivity contribution in [3.05, 3.63) is 12.1 Å². The van der Waals surface area contributed by atoms with Crippen molar-refractivity contribution in [1.29, 1.82) is 0 Å². The van der Waals surface area contributed by atoms with Crippen molar-refractivity contribution in [3.8, 4) is 17.2 Å². The minimum Gasteiger partial charge on any atom is -0.493 e. The lowest BCUT2D eigenvalue weighted by Gasteiger charge is -2.35. The predicted octanol–water partition coefficient (Wildman–Crippen LogP) is 1.31. The SMILES string of the molecule is COc1cc(N2CC(C(=O)N3CCNC[C@H]3C)CC2=O)cc(OC)c1OC.Cl. The lowest BCUT2D eigenvalue weighted by Crippen LogP contribution is -2.54. The molecule has 1 aromatic rings. The van der Waals surface area contributed by atoms with E-state index in [1.807, 2.05) is 11.8 Å². The predicted molar refractivity (Wildman–Crippen MR) is 108 cm³/mol. The minimum atomic E-state index is -0.336. The zero-order chi connectivity index (χ0) is 19.6. The molecule has 2 saturated heterocycles. The third-order valence-corrected chi connectivity index (χ3v) is 5.22. The highest BCUT2D eigenvalue weighted by Gasteiger charge is 2.39. The molecule has 0 bridgehead atoms. The van der Waals surface area contributed by atoms with Gasteiger partial charge in [-0.3, -0.25) is 9.59 Å². The summed E-state index contributed by atoms with van der Waals surface area (Å²) >= 11 is 0. The number of amides is 2. The summed E-state index contributed by atoms with van der Waals surface area (Å²) in [6.45, 7) is 4.62. The van der Waals surface area contributed by atoms with Crippen LogP contribution in [-0.2, 0) is 9.59 Å². The fraction of sp³-hybridized carbons (Fsp3) is 0.579. The number of piperazine rings is 1. The highest BCUT2D eigenvalue weighted by Crippen LogP contribution is 2.42. The molecule has 1 unspecified atom stereocenters. The van der Waals surface area contributed by atoms with Crippen LogP contribution in [0.1, 0.15) is 13.3 Å². The molecule has 0 aliphatic carbocycles. The highest BCUT2D eigenvalue weighted by molar-refractivity contribution is 6.00. The number of hydrogen-bond acceptors (Lipinski definition) is 6. The summed E-state index contributed by atoms with van der Waals surface area (Å²) in [5.41, 5.74) is 0.637. The highest BCUT2D eigenvalue weighted by atomic mass is 35.5. The molecule has 2 amide bonds. The number of ether oxygens (including phenoxy) is 3. The Morgan fingerprint density at radius 2 is 1.79 bits per heavy atom. The van der Waals surface area contributed by atoms with Crippen molar-refractivity contribution in [1.82, 2.24) is 10.2 Å². The Morgan fingerprint density at radius 3 is 2.32 bits per heavy atom. The summed E-state index contributed by atoms with van der Waals surface area (Å²) in [6.07, 6.45) is 0.214. The zero-order valence-electron chi connectivity index (χ0n) is 16.7. The molecular weight excluding hydrogens is 386 g/mol. The third-order valence-electron chi connectivity index (χ3n) is 5.22. The second-order valence-corrected chi connectivity index (χ2v) is 6.87. The Balaban J connectivity index is 0.00000280. The molecule has 0 aromatic heterocycles. The van der Waals surface area contributed by atoms with Crippen LogP contribution in [-0.4, -0.2) is 70.3 Å². The summed E-state index contributed by atoms with van der Waals surface area (Å²) in [7, 11) is 4.60. The standard InChI is InChI=1S/C19H27N3O5.ClH/c1-12-10-20-5-6-21(12)19(24)13-7-17(23)22(11-13)14-8-15(25-2)18(27-4)16(9-14)26-3;/h8-9,12-13,20H,5-7,10-11H2,1-4H3;1H/t12-,13?;/m1./s1. The molecule has 9 heteroatoms. The molecule has 1 N–H and O–H groups in total. The van der Waals surface area contributed by atoms with Crippen LogP contribution < -0.4 is 24.4 Å². The molecule has 0 saturated carbocycles. The van der Waals surface area contributed by atoms with Gasteiger partial charge in [-0.05, 0) is 6.92 Å². The monoisotopic (exact) mass is 413 g/mol. The smallest absolute Gasteiger partial charge is 0.228 e. The van der Waals surface area contributed by atoms with Crippen molar-refractivity contribution in [2.45, 2.75) is 19.4 Å². The average Bonchev–Trinajstić information content (AvgIpc) is 3.08. The molecule has 0 radical (unpaired) electrons. The number of carbonyl (C=O) groups is 2. The first-order chi connectivity index (χ1) is 13.0. The van der Waals surface area contributed by atoms with E-state index in [1.54, 1.807) is 17.0 Å². The van der Waals surface area contributed by atoms with Crippen LogP contribution in [0.3, 0.4) is 0 Å². The molecule has 2 aliphatic rings. The molecule has 28 heavy (non-hydrogen) atoms. The van der Waals surface area contributed by atoms with Gasteiger partial charge in [0.1, 0.15) is 0 Å². The van der Waals surface area contributed by atoms with Crippen molar-refractivity contribution < 1.29 is 23.8 Å². The third kappa shape index (κ3) is 4.12. The molecule has 2 aliphatic heterocycles. The number of methoxy groups -OCH3 is 3. The van der Waals surface area contributed by atoms with Crippen molar-refractivity contribution in [2.24, 2.45) is 5.92 Å². The maximum absolute atomic E-state index is 12.9. The molecule has 1 aromatic carbocycles. The molecule has 3 rings (SSSR count). The quantitative estimate of drug-likeness (QED) is 0.784. The fourth-order valence-corrected chi connectivity index (χ4v) is 3.75. The first kappa shape index (κ1) is 22.1. The van der Waals surface area contributed by atoms with Crippen LogP contribution in [0.15, 0.2) is 12.1 Å². The Bertz CT molecular complexity index is 705. The van der Waals surface area contributed by atoms with Gasteiger partial charge in [-0.2, -0.15) is 0 Å². The van der Waals surface area contributed by atoms with Gasteiger partial charge in [-0.1, -0.05) is 0 Å². The van der Waals surface area contributed by atoms with Gasteiger partial charge in [0, 0.05) is 50.8 Å². The first-order valence-corrected chi connectivity index (χ1v) is 9.11. The maximum Gasteiger partial charge on any atom is 0.228 e. The lowest BCUT2D eigenvalue weighted by molar-refractivity contribution is -0.138. The number of nitrogens with zero attached hydrogens (tertiary/aromatic N) is 2. The van der Waals surface area contributed by atoms with E-state index in [-0.39, 0.29) is 42.6 Å². The lowest BCUT2D eigenvalue weighted by atomic mass is 10.1. The number of carbonyl (C=O) groups excluding carboxylic acids is 2. The van der Waals surface area contributed by atoms with Crippen LogP contribution in [0.5, 0.6) is 17.2 Å². The van der Waals surface area contributed by atoms with Crippen LogP contribution in [0.2, 0.25) is 0 Å². The van der Waals surface area contributed by atoms with E-state index in [2.05, 4.69) is 5.32 Å². The molecule has 8 nitrogen and oxygen atoms in total. The summed E-state index contributed by atoms with van der Waals surface area (Å²) in [5, 5.41) is 3.28. The Hall–Kier alpha value is -2.19. The van der Waals surface area contributed by atoms with E-state index in [1.165, 1.54) is 21.3 Å². The van der Waals surface area contributed by atoms with Crippen LogP contribution in [0.25, 0.3) is 0 Å². The second kappa shape index (κ2) is 9.34. The Morgan fingerprint density at radius 1 is 1.14 bits per heavy atom. The molecule has 2 fully saturated rings. The van der Waals surface area contributed by atoms with Crippen molar-refractivity contribution >= 4 is 29.9 Å². The van der Waals surface area contributed by atoms with Gasteiger partial charge in [0.05, 0.1) is 32.9 Å². The molecular formula is C19H28ClN3O5. The Kier molecular flexibility index (Phi) is 7.37. The summed E-state index contributed by atoms with van der Waals surface area (Å²) in [4.78, 5) is 29.1. The average molecular weight is 414 g/mol. The van der Waals surface area contributed by atoms with E-state index in [0.29, 0.717) is 36.0 Å². The van der Waals surface area contributed by atoms with Crippen molar-refractivity contribution in [2.75, 3.05) is 52.4 Å². The minimum absolute atomic E-state index is 0. The normalized spacial score (nSPS) is 21.9. The van der Waals surface area contributed by atoms with Gasteiger partial charge in [-0.25, -0.2) is 0 Å².